The first kappa shape index (κ1) is 21.6. The predicted octanol–water partition coefficient (Wildman–Crippen LogP) is 4.18. The zero-order valence-corrected chi connectivity index (χ0v) is 19.5. The van der Waals surface area contributed by atoms with Crippen LogP contribution in [0.5, 0.6) is 0 Å². The van der Waals surface area contributed by atoms with Crippen LogP contribution in [0.15, 0.2) is 36.5 Å². The summed E-state index contributed by atoms with van der Waals surface area (Å²) in [4.78, 5) is 24.7. The van der Waals surface area contributed by atoms with Crippen LogP contribution in [0.3, 0.4) is 0 Å². The van der Waals surface area contributed by atoms with Gasteiger partial charge in [-0.25, -0.2) is 0 Å². The Kier molecular flexibility index (Phi) is 6.31. The molecular formula is C26H31ClN4O. The molecule has 2 aliphatic heterocycles. The van der Waals surface area contributed by atoms with Gasteiger partial charge in [-0.1, -0.05) is 35.9 Å². The average Bonchev–Trinajstić information content (AvgIpc) is 2.97. The molecule has 1 atom stereocenters. The number of benzene rings is 1. The Hall–Kier alpha value is -2.21. The number of piperazine rings is 1. The fraction of sp³-hybridized carbons (Fsp3) is 0.462. The molecular weight excluding hydrogens is 420 g/mol. The molecule has 1 amide bonds. The van der Waals surface area contributed by atoms with Gasteiger partial charge in [-0.15, -0.1) is 0 Å². The highest BCUT2D eigenvalue weighted by molar-refractivity contribution is 6.30. The van der Waals surface area contributed by atoms with Gasteiger partial charge in [0, 0.05) is 43.8 Å². The SMILES string of the molecule is CN1CCC(CC(=O)N2CCN(C3c4ccc(Cl)cc4C=Cc4cccnc43)CC2)CC1. The van der Waals surface area contributed by atoms with Crippen molar-refractivity contribution in [2.75, 3.05) is 46.3 Å². The van der Waals surface area contributed by atoms with Crippen molar-refractivity contribution >= 4 is 29.7 Å². The summed E-state index contributed by atoms with van der Waals surface area (Å²) in [6.07, 6.45) is 9.13. The van der Waals surface area contributed by atoms with Crippen LogP contribution in [0.4, 0.5) is 0 Å². The predicted molar refractivity (Wildman–Crippen MR) is 129 cm³/mol. The first-order chi connectivity index (χ1) is 15.6. The van der Waals surface area contributed by atoms with Gasteiger partial charge in [0.2, 0.25) is 5.91 Å². The van der Waals surface area contributed by atoms with Crippen molar-refractivity contribution < 1.29 is 4.79 Å². The molecule has 168 valence electrons. The van der Waals surface area contributed by atoms with Crippen LogP contribution in [-0.2, 0) is 4.79 Å². The van der Waals surface area contributed by atoms with E-state index < -0.39 is 0 Å². The van der Waals surface area contributed by atoms with Gasteiger partial charge in [0.25, 0.3) is 0 Å². The Morgan fingerprint density at radius 3 is 2.56 bits per heavy atom. The molecule has 5 rings (SSSR count). The van der Waals surface area contributed by atoms with E-state index >= 15 is 0 Å². The highest BCUT2D eigenvalue weighted by atomic mass is 35.5. The van der Waals surface area contributed by atoms with Gasteiger partial charge in [-0.3, -0.25) is 14.7 Å². The lowest BCUT2D eigenvalue weighted by Crippen LogP contribution is -2.50. The van der Waals surface area contributed by atoms with Gasteiger partial charge in [-0.05, 0) is 73.8 Å². The number of piperidine rings is 1. The van der Waals surface area contributed by atoms with Crippen LogP contribution in [-0.4, -0.2) is 71.9 Å². The summed E-state index contributed by atoms with van der Waals surface area (Å²) in [6.45, 7) is 5.47. The standard InChI is InChI=1S/C26H31ClN4O/c1-29-11-8-19(9-12-29)17-24(32)30-13-15-31(16-14-30)26-23-7-6-22(27)18-21(23)5-4-20-3-2-10-28-25(20)26/h2-7,10,18-19,26H,8-9,11-17H2,1H3. The van der Waals surface area contributed by atoms with Gasteiger partial charge in [0.05, 0.1) is 11.7 Å². The number of hydrogen-bond donors (Lipinski definition) is 0. The topological polar surface area (TPSA) is 39.7 Å². The van der Waals surface area contributed by atoms with Gasteiger partial charge in [-0.2, -0.15) is 0 Å². The van der Waals surface area contributed by atoms with Crippen molar-refractivity contribution in [3.05, 3.63) is 63.9 Å². The zero-order chi connectivity index (χ0) is 22.1. The molecule has 2 saturated heterocycles. The van der Waals surface area contributed by atoms with Crippen molar-refractivity contribution in [1.29, 1.82) is 0 Å². The molecule has 0 saturated carbocycles. The second-order valence-electron chi connectivity index (χ2n) is 9.35. The Morgan fingerprint density at radius 2 is 1.78 bits per heavy atom. The molecule has 3 heterocycles. The number of rotatable bonds is 3. The number of likely N-dealkylation sites (tertiary alicyclic amines) is 1. The third-order valence-corrected chi connectivity index (χ3v) is 7.48. The van der Waals surface area contributed by atoms with Gasteiger partial charge in [0.15, 0.2) is 0 Å². The van der Waals surface area contributed by atoms with E-state index in [0.29, 0.717) is 18.2 Å². The maximum atomic E-state index is 13.0. The molecule has 1 aromatic carbocycles. The Bertz CT molecular complexity index is 1010. The summed E-state index contributed by atoms with van der Waals surface area (Å²) in [7, 11) is 2.17. The first-order valence-corrected chi connectivity index (χ1v) is 12.1. The highest BCUT2D eigenvalue weighted by Crippen LogP contribution is 2.37. The fourth-order valence-electron chi connectivity index (χ4n) is 5.31. The highest BCUT2D eigenvalue weighted by Gasteiger charge is 2.32. The van der Waals surface area contributed by atoms with Gasteiger partial charge in [0.1, 0.15) is 0 Å². The summed E-state index contributed by atoms with van der Waals surface area (Å²) in [6, 6.07) is 10.3. The smallest absolute Gasteiger partial charge is 0.222 e. The number of carbonyl (C=O) groups is 1. The largest absolute Gasteiger partial charge is 0.340 e. The third-order valence-electron chi connectivity index (χ3n) is 7.25. The van der Waals surface area contributed by atoms with Crippen LogP contribution in [0.1, 0.15) is 47.7 Å². The fourth-order valence-corrected chi connectivity index (χ4v) is 5.49. The summed E-state index contributed by atoms with van der Waals surface area (Å²) in [5.74, 6) is 0.866. The Balaban J connectivity index is 1.31. The van der Waals surface area contributed by atoms with Crippen molar-refractivity contribution in [3.63, 3.8) is 0 Å². The number of halogens is 1. The molecule has 1 aromatic heterocycles. The Morgan fingerprint density at radius 1 is 1.03 bits per heavy atom. The van der Waals surface area contributed by atoms with Gasteiger partial charge >= 0.3 is 0 Å². The molecule has 5 nitrogen and oxygen atoms in total. The monoisotopic (exact) mass is 450 g/mol. The minimum atomic E-state index is 0.0691. The van der Waals surface area contributed by atoms with E-state index in [4.69, 9.17) is 16.6 Å². The van der Waals surface area contributed by atoms with Crippen LogP contribution in [0.25, 0.3) is 12.2 Å². The molecule has 2 aromatic rings. The quantitative estimate of drug-likeness (QED) is 0.703. The number of nitrogens with zero attached hydrogens (tertiary/aromatic N) is 4. The molecule has 0 N–H and O–H groups in total. The molecule has 1 aliphatic carbocycles. The van der Waals surface area contributed by atoms with E-state index in [9.17, 15) is 4.79 Å². The van der Waals surface area contributed by atoms with Crippen LogP contribution in [0.2, 0.25) is 5.02 Å². The van der Waals surface area contributed by atoms with Crippen LogP contribution in [0, 0.1) is 5.92 Å². The maximum absolute atomic E-state index is 13.0. The maximum Gasteiger partial charge on any atom is 0.222 e. The number of pyridine rings is 1. The van der Waals surface area contributed by atoms with Crippen molar-refractivity contribution in [3.8, 4) is 0 Å². The third kappa shape index (κ3) is 4.47. The minimum Gasteiger partial charge on any atom is -0.340 e. The Labute approximate surface area is 195 Å². The first-order valence-electron chi connectivity index (χ1n) is 11.7. The lowest BCUT2D eigenvalue weighted by molar-refractivity contribution is -0.134. The van der Waals surface area contributed by atoms with Gasteiger partial charge < -0.3 is 9.80 Å². The summed E-state index contributed by atoms with van der Waals surface area (Å²) < 4.78 is 0. The number of amides is 1. The van der Waals surface area contributed by atoms with Crippen LogP contribution < -0.4 is 0 Å². The number of aromatic nitrogens is 1. The lowest BCUT2D eigenvalue weighted by atomic mass is 9.93. The number of hydrogen-bond acceptors (Lipinski definition) is 4. The lowest BCUT2D eigenvalue weighted by Gasteiger charge is -2.40. The molecule has 0 spiro atoms. The second kappa shape index (κ2) is 9.34. The molecule has 32 heavy (non-hydrogen) atoms. The van der Waals surface area contributed by atoms with E-state index in [1.54, 1.807) is 0 Å². The van der Waals surface area contributed by atoms with Crippen LogP contribution >= 0.6 is 11.6 Å². The van der Waals surface area contributed by atoms with E-state index in [0.717, 1.165) is 74.0 Å². The van der Waals surface area contributed by atoms with E-state index in [2.05, 4.69) is 46.0 Å². The molecule has 2 fully saturated rings. The molecule has 0 bridgehead atoms. The second-order valence-corrected chi connectivity index (χ2v) is 9.79. The van der Waals surface area contributed by atoms with Crippen molar-refractivity contribution in [2.45, 2.75) is 25.3 Å². The summed E-state index contributed by atoms with van der Waals surface area (Å²) in [5, 5.41) is 0.746. The van der Waals surface area contributed by atoms with E-state index in [1.807, 2.05) is 24.4 Å². The summed E-state index contributed by atoms with van der Waals surface area (Å²) >= 11 is 6.31. The molecule has 3 aliphatic rings. The molecule has 6 heteroatoms. The zero-order valence-electron chi connectivity index (χ0n) is 18.7. The van der Waals surface area contributed by atoms with Crippen molar-refractivity contribution in [1.82, 2.24) is 19.7 Å². The molecule has 0 radical (unpaired) electrons. The summed E-state index contributed by atoms with van der Waals surface area (Å²) in [5.41, 5.74) is 4.59. The number of carbonyl (C=O) groups excluding carboxylic acids is 1. The van der Waals surface area contributed by atoms with Crippen molar-refractivity contribution in [2.24, 2.45) is 5.92 Å². The average molecular weight is 451 g/mol. The minimum absolute atomic E-state index is 0.0691. The normalized spacial score (nSPS) is 22.3. The van der Waals surface area contributed by atoms with E-state index in [-0.39, 0.29) is 6.04 Å². The molecule has 1 unspecified atom stereocenters. The van der Waals surface area contributed by atoms with E-state index in [1.165, 1.54) is 5.56 Å². The number of fused-ring (bicyclic) bond motifs is 2.